The van der Waals surface area contributed by atoms with Crippen LogP contribution in [0.5, 0.6) is 5.75 Å². The summed E-state index contributed by atoms with van der Waals surface area (Å²) in [7, 11) is -2.34. The summed E-state index contributed by atoms with van der Waals surface area (Å²) in [6, 6.07) is 10.5. The second-order valence-electron chi connectivity index (χ2n) is 7.47. The molecule has 6 nitrogen and oxygen atoms in total. The molecule has 1 amide bonds. The van der Waals surface area contributed by atoms with E-state index in [0.29, 0.717) is 11.4 Å². The van der Waals surface area contributed by atoms with Gasteiger partial charge in [-0.3, -0.25) is 9.52 Å². The number of hydrogen-bond donors (Lipinski definition) is 1. The molecule has 0 aromatic heterocycles. The molecule has 1 aliphatic heterocycles. The van der Waals surface area contributed by atoms with E-state index in [1.807, 2.05) is 30.0 Å². The molecule has 1 fully saturated rings. The summed E-state index contributed by atoms with van der Waals surface area (Å²) in [5, 5.41) is 0. The Morgan fingerprint density at radius 1 is 1.18 bits per heavy atom. The molecule has 2 aromatic carbocycles. The van der Waals surface area contributed by atoms with Crippen molar-refractivity contribution in [3.05, 3.63) is 47.5 Å². The number of ether oxygens (including phenoxy) is 1. The fraction of sp³-hybridized carbons (Fsp3) is 0.381. The molecule has 0 bridgehead atoms. The maximum absolute atomic E-state index is 12.9. The number of carbonyl (C=O) groups is 1. The minimum absolute atomic E-state index is 0.109. The summed E-state index contributed by atoms with van der Waals surface area (Å²) >= 11 is 0. The molecule has 1 heterocycles. The van der Waals surface area contributed by atoms with Gasteiger partial charge in [0.05, 0.1) is 7.11 Å². The van der Waals surface area contributed by atoms with Crippen LogP contribution in [0, 0.1) is 12.8 Å². The number of methoxy groups -OCH3 is 1. The second kappa shape index (κ2) is 7.13. The number of anilines is 2. The van der Waals surface area contributed by atoms with Crippen molar-refractivity contribution in [3.63, 3.8) is 0 Å². The summed E-state index contributed by atoms with van der Waals surface area (Å²) in [6.45, 7) is 2.57. The van der Waals surface area contributed by atoms with Crippen molar-refractivity contribution in [3.8, 4) is 5.75 Å². The van der Waals surface area contributed by atoms with E-state index in [1.54, 1.807) is 18.2 Å². The van der Waals surface area contributed by atoms with Crippen molar-refractivity contribution in [2.45, 2.75) is 37.5 Å². The SMILES string of the molecule is COc1ccc(C)cc1S(=O)(=O)Nc1ccc2c(c1)CCCN2C(=O)C1CC1. The maximum atomic E-state index is 12.9. The van der Waals surface area contributed by atoms with E-state index in [4.69, 9.17) is 4.74 Å². The number of amides is 1. The topological polar surface area (TPSA) is 75.7 Å². The van der Waals surface area contributed by atoms with Crippen LogP contribution in [0.4, 0.5) is 11.4 Å². The Hall–Kier alpha value is -2.54. The summed E-state index contributed by atoms with van der Waals surface area (Å²) < 4.78 is 33.7. The monoisotopic (exact) mass is 400 g/mol. The first-order valence-electron chi connectivity index (χ1n) is 9.51. The van der Waals surface area contributed by atoms with Gasteiger partial charge in [-0.1, -0.05) is 6.07 Å². The molecule has 0 saturated heterocycles. The molecule has 7 heteroatoms. The molecule has 0 unspecified atom stereocenters. The number of sulfonamides is 1. The zero-order valence-electron chi connectivity index (χ0n) is 16.1. The van der Waals surface area contributed by atoms with Gasteiger partial charge in [-0.25, -0.2) is 8.42 Å². The molecule has 0 spiro atoms. The molecule has 0 radical (unpaired) electrons. The van der Waals surface area contributed by atoms with Gasteiger partial charge in [0.2, 0.25) is 5.91 Å². The molecule has 0 atom stereocenters. The summed E-state index contributed by atoms with van der Waals surface area (Å²) in [5.41, 5.74) is 3.22. The Bertz CT molecular complexity index is 1030. The predicted octanol–water partition coefficient (Wildman–Crippen LogP) is 3.49. The average Bonchev–Trinajstić information content (AvgIpc) is 3.51. The van der Waals surface area contributed by atoms with Crippen molar-refractivity contribution < 1.29 is 17.9 Å². The largest absolute Gasteiger partial charge is 0.495 e. The van der Waals surface area contributed by atoms with E-state index in [9.17, 15) is 13.2 Å². The first-order chi connectivity index (χ1) is 13.4. The first kappa shape index (κ1) is 18.8. The highest BCUT2D eigenvalue weighted by molar-refractivity contribution is 7.92. The molecule has 4 rings (SSSR count). The lowest BCUT2D eigenvalue weighted by atomic mass is 10.0. The van der Waals surface area contributed by atoms with Gasteiger partial charge in [0.1, 0.15) is 10.6 Å². The van der Waals surface area contributed by atoms with Gasteiger partial charge < -0.3 is 9.64 Å². The maximum Gasteiger partial charge on any atom is 0.265 e. The quantitative estimate of drug-likeness (QED) is 0.834. The standard InChI is InChI=1S/C21H24N2O4S/c1-14-5-10-19(27-2)20(12-14)28(25,26)22-17-8-9-18-16(13-17)4-3-11-23(18)21(24)15-6-7-15/h5,8-10,12-13,15,22H,3-4,6-7,11H2,1-2H3. The van der Waals surface area contributed by atoms with Crippen LogP contribution < -0.4 is 14.4 Å². The molecule has 1 saturated carbocycles. The van der Waals surface area contributed by atoms with E-state index >= 15 is 0 Å². The number of carbonyl (C=O) groups excluding carboxylic acids is 1. The van der Waals surface area contributed by atoms with E-state index in [2.05, 4.69) is 4.72 Å². The predicted molar refractivity (Wildman–Crippen MR) is 108 cm³/mol. The van der Waals surface area contributed by atoms with Crippen LogP contribution in [0.15, 0.2) is 41.3 Å². The highest BCUT2D eigenvalue weighted by Gasteiger charge is 2.35. The Kier molecular flexibility index (Phi) is 4.79. The van der Waals surface area contributed by atoms with Gasteiger partial charge in [-0.05, 0) is 74.1 Å². The molecular weight excluding hydrogens is 376 g/mol. The van der Waals surface area contributed by atoms with Crippen LogP contribution in [-0.4, -0.2) is 28.0 Å². The third-order valence-electron chi connectivity index (χ3n) is 5.25. The third-order valence-corrected chi connectivity index (χ3v) is 6.65. The van der Waals surface area contributed by atoms with Gasteiger partial charge >= 0.3 is 0 Å². The normalized spacial score (nSPS) is 16.4. The minimum Gasteiger partial charge on any atom is -0.495 e. The number of nitrogens with one attached hydrogen (secondary N) is 1. The summed E-state index contributed by atoms with van der Waals surface area (Å²) in [4.78, 5) is 14.5. The highest BCUT2D eigenvalue weighted by atomic mass is 32.2. The van der Waals surface area contributed by atoms with E-state index in [1.165, 1.54) is 7.11 Å². The number of hydrogen-bond acceptors (Lipinski definition) is 4. The molecule has 148 valence electrons. The number of nitrogens with zero attached hydrogens (tertiary/aromatic N) is 1. The van der Waals surface area contributed by atoms with Gasteiger partial charge in [0.25, 0.3) is 10.0 Å². The molecule has 1 aliphatic carbocycles. The van der Waals surface area contributed by atoms with Crippen molar-refractivity contribution in [1.29, 1.82) is 0 Å². The fourth-order valence-corrected chi connectivity index (χ4v) is 4.95. The van der Waals surface area contributed by atoms with E-state index in [0.717, 1.165) is 49.0 Å². The number of benzene rings is 2. The highest BCUT2D eigenvalue weighted by Crippen LogP contribution is 2.37. The lowest BCUT2D eigenvalue weighted by Gasteiger charge is -2.30. The van der Waals surface area contributed by atoms with Crippen molar-refractivity contribution in [2.75, 3.05) is 23.3 Å². The van der Waals surface area contributed by atoms with Gasteiger partial charge in [-0.2, -0.15) is 0 Å². The van der Waals surface area contributed by atoms with Crippen LogP contribution in [0.3, 0.4) is 0 Å². The van der Waals surface area contributed by atoms with E-state index < -0.39 is 10.0 Å². The molecule has 1 N–H and O–H groups in total. The van der Waals surface area contributed by atoms with Crippen LogP contribution >= 0.6 is 0 Å². The zero-order valence-corrected chi connectivity index (χ0v) is 16.9. The Morgan fingerprint density at radius 3 is 2.68 bits per heavy atom. The minimum atomic E-state index is -3.79. The van der Waals surface area contributed by atoms with Crippen LogP contribution in [0.1, 0.15) is 30.4 Å². The van der Waals surface area contributed by atoms with Gasteiger partial charge in [-0.15, -0.1) is 0 Å². The average molecular weight is 401 g/mol. The smallest absolute Gasteiger partial charge is 0.265 e. The Morgan fingerprint density at radius 2 is 1.96 bits per heavy atom. The summed E-state index contributed by atoms with van der Waals surface area (Å²) in [5.74, 6) is 0.661. The lowest BCUT2D eigenvalue weighted by molar-refractivity contribution is -0.119. The number of aryl methyl sites for hydroxylation is 2. The summed E-state index contributed by atoms with van der Waals surface area (Å²) in [6.07, 6.45) is 3.65. The van der Waals surface area contributed by atoms with Gasteiger partial charge in [0.15, 0.2) is 0 Å². The zero-order chi connectivity index (χ0) is 19.9. The second-order valence-corrected chi connectivity index (χ2v) is 9.12. The van der Waals surface area contributed by atoms with E-state index in [-0.39, 0.29) is 16.7 Å². The van der Waals surface area contributed by atoms with Crippen molar-refractivity contribution in [2.24, 2.45) is 5.92 Å². The lowest BCUT2D eigenvalue weighted by Crippen LogP contribution is -2.36. The van der Waals surface area contributed by atoms with Crippen LogP contribution in [-0.2, 0) is 21.2 Å². The van der Waals surface area contributed by atoms with Crippen LogP contribution in [0.25, 0.3) is 0 Å². The van der Waals surface area contributed by atoms with Crippen LogP contribution in [0.2, 0.25) is 0 Å². The fourth-order valence-electron chi connectivity index (χ4n) is 3.64. The number of rotatable bonds is 5. The van der Waals surface area contributed by atoms with Gasteiger partial charge in [0, 0.05) is 23.8 Å². The van der Waals surface area contributed by atoms with Crippen molar-refractivity contribution in [1.82, 2.24) is 0 Å². The molecular formula is C21H24N2O4S. The Labute approximate surface area is 165 Å². The molecule has 2 aliphatic rings. The van der Waals surface area contributed by atoms with Crippen molar-refractivity contribution >= 4 is 27.3 Å². The Balaban J connectivity index is 1.62. The first-order valence-corrected chi connectivity index (χ1v) is 11.0. The third kappa shape index (κ3) is 3.58. The molecule has 2 aromatic rings. The number of fused-ring (bicyclic) bond motifs is 1. The molecule has 28 heavy (non-hydrogen) atoms.